The van der Waals surface area contributed by atoms with Gasteiger partial charge < -0.3 is 14.4 Å². The summed E-state index contributed by atoms with van der Waals surface area (Å²) in [4.78, 5) is 40.7. The molecule has 1 atom stereocenters. The van der Waals surface area contributed by atoms with Crippen molar-refractivity contribution in [3.05, 3.63) is 70.9 Å². The molecule has 0 saturated carbocycles. The van der Waals surface area contributed by atoms with E-state index in [1.54, 1.807) is 29.6 Å². The quantitative estimate of drug-likeness (QED) is 0.500. The Balaban J connectivity index is 1.62. The number of benzene rings is 2. The third-order valence-corrected chi connectivity index (χ3v) is 6.27. The van der Waals surface area contributed by atoms with Crippen molar-refractivity contribution < 1.29 is 19.6 Å². The van der Waals surface area contributed by atoms with Gasteiger partial charge in [0.25, 0.3) is 5.91 Å². The van der Waals surface area contributed by atoms with E-state index in [1.807, 2.05) is 36.4 Å². The van der Waals surface area contributed by atoms with Gasteiger partial charge in [-0.2, -0.15) is 0 Å². The van der Waals surface area contributed by atoms with E-state index in [4.69, 9.17) is 5.21 Å². The Hall–Kier alpha value is -3.65. The lowest BCUT2D eigenvalue weighted by Gasteiger charge is -2.30. The van der Waals surface area contributed by atoms with E-state index in [-0.39, 0.29) is 24.3 Å². The monoisotopic (exact) mass is 418 g/mol. The highest BCUT2D eigenvalue weighted by Crippen LogP contribution is 2.39. The van der Waals surface area contributed by atoms with Crippen LogP contribution in [0.4, 0.5) is 0 Å². The van der Waals surface area contributed by atoms with Gasteiger partial charge in [-0.15, -0.1) is 0 Å². The topological polar surface area (TPSA) is 94.9 Å². The molecule has 0 radical (unpaired) electrons. The zero-order chi connectivity index (χ0) is 21.7. The molecule has 1 unspecified atom stereocenters. The van der Waals surface area contributed by atoms with Crippen LogP contribution in [-0.4, -0.2) is 57.4 Å². The number of likely N-dealkylation sites (N-methyl/N-ethyl adjacent to an activating group) is 1. The molecule has 3 amide bonds. The Morgan fingerprint density at radius 1 is 1.10 bits per heavy atom. The summed E-state index contributed by atoms with van der Waals surface area (Å²) in [5.41, 5.74) is 5.97. The Labute approximate surface area is 178 Å². The molecule has 1 fully saturated rings. The molecule has 2 bridgehead atoms. The maximum absolute atomic E-state index is 13.1. The second kappa shape index (κ2) is 7.24. The van der Waals surface area contributed by atoms with Crippen LogP contribution in [0.5, 0.6) is 0 Å². The molecule has 2 aliphatic rings. The van der Waals surface area contributed by atoms with E-state index < -0.39 is 5.91 Å². The van der Waals surface area contributed by atoms with E-state index in [0.29, 0.717) is 25.2 Å². The SMILES string of the molecule is CN1CC(=O)N2Cc3c(c4ccccc4n3Cc3ccc(C(=O)NO)cc3)C(C2)C1=O. The highest BCUT2D eigenvalue weighted by atomic mass is 16.5. The van der Waals surface area contributed by atoms with Crippen LogP contribution in [0.3, 0.4) is 0 Å². The molecule has 5 rings (SSSR count). The fraction of sp³-hybridized carbons (Fsp3) is 0.261. The molecule has 158 valence electrons. The van der Waals surface area contributed by atoms with Gasteiger partial charge in [-0.05, 0) is 29.3 Å². The van der Waals surface area contributed by atoms with Gasteiger partial charge in [0.2, 0.25) is 11.8 Å². The van der Waals surface area contributed by atoms with Crippen LogP contribution in [-0.2, 0) is 22.7 Å². The highest BCUT2D eigenvalue weighted by molar-refractivity contribution is 5.98. The Kier molecular flexibility index (Phi) is 4.51. The number of hydrogen-bond acceptors (Lipinski definition) is 4. The minimum atomic E-state index is -0.562. The molecule has 8 heteroatoms. The van der Waals surface area contributed by atoms with Crippen molar-refractivity contribution in [1.82, 2.24) is 19.8 Å². The fourth-order valence-electron chi connectivity index (χ4n) is 4.73. The standard InChI is InChI=1S/C23H22N4O4/c1-25-13-20(28)26-11-17(23(25)30)21-16-4-2-3-5-18(16)27(19(21)12-26)10-14-6-8-15(9-7-14)22(29)24-31/h2-9,17,31H,10-13H2,1H3,(H,24,29). The Morgan fingerprint density at radius 2 is 1.84 bits per heavy atom. The normalized spacial score (nSPS) is 18.2. The van der Waals surface area contributed by atoms with Crippen molar-refractivity contribution >= 4 is 28.6 Å². The maximum atomic E-state index is 13.1. The van der Waals surface area contributed by atoms with Gasteiger partial charge in [0.05, 0.1) is 19.0 Å². The van der Waals surface area contributed by atoms with Gasteiger partial charge in [0.15, 0.2) is 0 Å². The molecular weight excluding hydrogens is 396 g/mol. The van der Waals surface area contributed by atoms with Crippen molar-refractivity contribution in [2.45, 2.75) is 19.0 Å². The lowest BCUT2D eigenvalue weighted by molar-refractivity contribution is -0.135. The average Bonchev–Trinajstić information content (AvgIpc) is 3.07. The second-order valence-corrected chi connectivity index (χ2v) is 8.12. The summed E-state index contributed by atoms with van der Waals surface area (Å²) >= 11 is 0. The van der Waals surface area contributed by atoms with Crippen LogP contribution in [0, 0.1) is 0 Å². The molecule has 31 heavy (non-hydrogen) atoms. The first-order valence-electron chi connectivity index (χ1n) is 10.1. The summed E-state index contributed by atoms with van der Waals surface area (Å²) in [6.45, 7) is 1.51. The molecule has 2 aromatic carbocycles. The molecule has 0 spiro atoms. The third kappa shape index (κ3) is 3.07. The molecule has 1 saturated heterocycles. The molecule has 0 aliphatic carbocycles. The van der Waals surface area contributed by atoms with Crippen molar-refractivity contribution in [3.8, 4) is 0 Å². The first-order chi connectivity index (χ1) is 15.0. The zero-order valence-electron chi connectivity index (χ0n) is 17.0. The molecule has 1 aromatic heterocycles. The number of amides is 3. The maximum Gasteiger partial charge on any atom is 0.274 e. The van der Waals surface area contributed by atoms with Gasteiger partial charge in [-0.25, -0.2) is 5.48 Å². The van der Waals surface area contributed by atoms with Crippen molar-refractivity contribution in [2.75, 3.05) is 20.1 Å². The van der Waals surface area contributed by atoms with E-state index >= 15 is 0 Å². The fourth-order valence-corrected chi connectivity index (χ4v) is 4.73. The van der Waals surface area contributed by atoms with Gasteiger partial charge in [-0.1, -0.05) is 30.3 Å². The zero-order valence-corrected chi connectivity index (χ0v) is 17.0. The van der Waals surface area contributed by atoms with Gasteiger partial charge >= 0.3 is 0 Å². The van der Waals surface area contributed by atoms with E-state index in [1.165, 1.54) is 4.90 Å². The number of carbonyl (C=O) groups is 3. The molecule has 3 aromatic rings. The molecular formula is C23H22N4O4. The lowest BCUT2D eigenvalue weighted by Crippen LogP contribution is -2.38. The minimum absolute atomic E-state index is 0.0286. The van der Waals surface area contributed by atoms with Crippen LogP contribution in [0.2, 0.25) is 0 Å². The predicted octanol–water partition coefficient (Wildman–Crippen LogP) is 1.71. The number of hydrogen-bond donors (Lipinski definition) is 2. The molecule has 2 N–H and O–H groups in total. The summed E-state index contributed by atoms with van der Waals surface area (Å²) < 4.78 is 2.16. The number of carbonyl (C=O) groups excluding carboxylic acids is 3. The van der Waals surface area contributed by atoms with Crippen LogP contribution in [0.25, 0.3) is 10.9 Å². The number of hydroxylamine groups is 1. The minimum Gasteiger partial charge on any atom is -0.338 e. The number of fused-ring (bicyclic) bond motifs is 6. The third-order valence-electron chi connectivity index (χ3n) is 6.27. The number of nitrogens with one attached hydrogen (secondary N) is 1. The van der Waals surface area contributed by atoms with Crippen molar-refractivity contribution in [3.63, 3.8) is 0 Å². The molecule has 8 nitrogen and oxygen atoms in total. The number of nitrogens with zero attached hydrogens (tertiary/aromatic N) is 3. The first-order valence-corrected chi connectivity index (χ1v) is 10.1. The Bertz CT molecular complexity index is 1210. The number of aromatic nitrogens is 1. The second-order valence-electron chi connectivity index (χ2n) is 8.12. The Morgan fingerprint density at radius 3 is 2.58 bits per heavy atom. The van der Waals surface area contributed by atoms with Gasteiger partial charge in [-0.3, -0.25) is 19.6 Å². The number of para-hydroxylation sites is 1. The van der Waals surface area contributed by atoms with E-state index in [0.717, 1.165) is 27.7 Å². The van der Waals surface area contributed by atoms with E-state index in [9.17, 15) is 14.4 Å². The van der Waals surface area contributed by atoms with E-state index in [2.05, 4.69) is 4.57 Å². The molecule has 3 heterocycles. The summed E-state index contributed by atoms with van der Waals surface area (Å²) in [5, 5.41) is 9.85. The predicted molar refractivity (Wildman–Crippen MR) is 113 cm³/mol. The van der Waals surface area contributed by atoms with Crippen LogP contribution in [0.15, 0.2) is 48.5 Å². The highest BCUT2D eigenvalue weighted by Gasteiger charge is 2.41. The summed E-state index contributed by atoms with van der Waals surface area (Å²) in [5.74, 6) is -1.01. The summed E-state index contributed by atoms with van der Waals surface area (Å²) in [6, 6.07) is 15.0. The first kappa shape index (κ1) is 19.3. The average molecular weight is 418 g/mol. The van der Waals surface area contributed by atoms with Crippen LogP contribution >= 0.6 is 0 Å². The summed E-state index contributed by atoms with van der Waals surface area (Å²) in [7, 11) is 1.69. The molecule has 2 aliphatic heterocycles. The van der Waals surface area contributed by atoms with Crippen molar-refractivity contribution in [1.29, 1.82) is 0 Å². The summed E-state index contributed by atoms with van der Waals surface area (Å²) in [6.07, 6.45) is 0. The van der Waals surface area contributed by atoms with Gasteiger partial charge in [0.1, 0.15) is 0 Å². The largest absolute Gasteiger partial charge is 0.338 e. The lowest BCUT2D eigenvalue weighted by atomic mass is 9.91. The number of rotatable bonds is 3. The van der Waals surface area contributed by atoms with Crippen LogP contribution < -0.4 is 5.48 Å². The van der Waals surface area contributed by atoms with Gasteiger partial charge in [0, 0.05) is 42.3 Å². The smallest absolute Gasteiger partial charge is 0.274 e. The van der Waals surface area contributed by atoms with Crippen LogP contribution in [0.1, 0.15) is 33.1 Å². The van der Waals surface area contributed by atoms with Crippen molar-refractivity contribution in [2.24, 2.45) is 0 Å².